The molecule has 1 fully saturated rings. The first-order valence-corrected chi connectivity index (χ1v) is 10.6. The second kappa shape index (κ2) is 10.2. The van der Waals surface area contributed by atoms with Crippen molar-refractivity contribution in [1.29, 1.82) is 0 Å². The number of aromatic nitrogens is 1. The lowest BCUT2D eigenvalue weighted by Gasteiger charge is -2.26. The molecule has 3 rings (SSSR count). The van der Waals surface area contributed by atoms with Crippen LogP contribution in [0.2, 0.25) is 0 Å². The number of likely N-dealkylation sites (tertiary alicyclic amines) is 1. The Morgan fingerprint density at radius 1 is 1.21 bits per heavy atom. The molecule has 2 heterocycles. The number of hydrogen-bond donors (Lipinski definition) is 1. The van der Waals surface area contributed by atoms with E-state index in [0.717, 1.165) is 42.2 Å². The molecule has 1 aliphatic rings. The van der Waals surface area contributed by atoms with Crippen LogP contribution in [0.1, 0.15) is 42.5 Å². The number of hydrogen-bond acceptors (Lipinski definition) is 6. The number of rotatable bonds is 7. The molecule has 1 aromatic carbocycles. The van der Waals surface area contributed by atoms with Crippen molar-refractivity contribution in [2.45, 2.75) is 39.5 Å². The van der Waals surface area contributed by atoms with Crippen LogP contribution in [-0.4, -0.2) is 47.1 Å². The zero-order valence-electron chi connectivity index (χ0n) is 16.8. The SMILES string of the molecule is C/C(=N/NC(=O)Cc1csc(C)n1)c1ccc(OCC(=O)N2CCCCC2)cc1. The minimum atomic E-state index is -0.203. The summed E-state index contributed by atoms with van der Waals surface area (Å²) >= 11 is 1.52. The predicted molar refractivity (Wildman–Crippen MR) is 113 cm³/mol. The maximum atomic E-state index is 12.2. The zero-order valence-corrected chi connectivity index (χ0v) is 17.6. The Morgan fingerprint density at radius 2 is 1.93 bits per heavy atom. The van der Waals surface area contributed by atoms with Gasteiger partial charge in [0.1, 0.15) is 5.75 Å². The van der Waals surface area contributed by atoms with E-state index in [1.54, 1.807) is 12.1 Å². The Balaban J connectivity index is 1.47. The van der Waals surface area contributed by atoms with Crippen molar-refractivity contribution < 1.29 is 14.3 Å². The molecule has 0 bridgehead atoms. The Labute approximate surface area is 174 Å². The van der Waals surface area contributed by atoms with Gasteiger partial charge in [-0.2, -0.15) is 5.10 Å². The molecule has 2 amide bonds. The fraction of sp³-hybridized carbons (Fsp3) is 0.429. The van der Waals surface area contributed by atoms with E-state index in [4.69, 9.17) is 4.74 Å². The van der Waals surface area contributed by atoms with E-state index < -0.39 is 0 Å². The molecule has 8 heteroatoms. The number of nitrogens with zero attached hydrogens (tertiary/aromatic N) is 3. The molecule has 154 valence electrons. The van der Waals surface area contributed by atoms with Crippen molar-refractivity contribution in [3.63, 3.8) is 0 Å². The molecule has 7 nitrogen and oxygen atoms in total. The molecule has 0 atom stereocenters. The third-order valence-electron chi connectivity index (χ3n) is 4.70. The highest BCUT2D eigenvalue weighted by molar-refractivity contribution is 7.09. The fourth-order valence-corrected chi connectivity index (χ4v) is 3.69. The van der Waals surface area contributed by atoms with E-state index in [-0.39, 0.29) is 24.8 Å². The van der Waals surface area contributed by atoms with E-state index in [0.29, 0.717) is 11.5 Å². The van der Waals surface area contributed by atoms with Gasteiger partial charge in [-0.25, -0.2) is 10.4 Å². The van der Waals surface area contributed by atoms with Gasteiger partial charge in [0.15, 0.2) is 6.61 Å². The number of amides is 2. The topological polar surface area (TPSA) is 83.9 Å². The van der Waals surface area contributed by atoms with Crippen LogP contribution in [0.5, 0.6) is 5.75 Å². The number of carbonyl (C=O) groups excluding carboxylic acids is 2. The summed E-state index contributed by atoms with van der Waals surface area (Å²) in [5.74, 6) is 0.463. The van der Waals surface area contributed by atoms with Gasteiger partial charge in [0.2, 0.25) is 5.91 Å². The number of piperidine rings is 1. The molecule has 0 spiro atoms. The number of nitrogens with one attached hydrogen (secondary N) is 1. The molecule has 0 unspecified atom stereocenters. The average Bonchev–Trinajstić information content (AvgIpc) is 3.15. The van der Waals surface area contributed by atoms with Crippen molar-refractivity contribution in [2.24, 2.45) is 5.10 Å². The van der Waals surface area contributed by atoms with Crippen LogP contribution in [0.15, 0.2) is 34.7 Å². The molecule has 0 saturated carbocycles. The molecule has 29 heavy (non-hydrogen) atoms. The fourth-order valence-electron chi connectivity index (χ4n) is 3.08. The van der Waals surface area contributed by atoms with Crippen molar-refractivity contribution in [3.05, 3.63) is 45.9 Å². The summed E-state index contributed by atoms with van der Waals surface area (Å²) in [5, 5.41) is 6.97. The standard InChI is InChI=1S/C21H26N4O3S/c1-15(23-24-20(26)12-18-14-29-16(2)22-18)17-6-8-19(9-7-17)28-13-21(27)25-10-4-3-5-11-25/h6-9,14H,3-5,10-13H2,1-2H3,(H,24,26)/b23-15-. The lowest BCUT2D eigenvalue weighted by Crippen LogP contribution is -2.38. The molecular weight excluding hydrogens is 388 g/mol. The van der Waals surface area contributed by atoms with Crippen LogP contribution < -0.4 is 10.2 Å². The van der Waals surface area contributed by atoms with Crippen LogP contribution in [0.25, 0.3) is 0 Å². The van der Waals surface area contributed by atoms with Gasteiger partial charge in [0, 0.05) is 18.5 Å². The summed E-state index contributed by atoms with van der Waals surface area (Å²) in [6.07, 6.45) is 3.54. The summed E-state index contributed by atoms with van der Waals surface area (Å²) in [4.78, 5) is 30.3. The van der Waals surface area contributed by atoms with Gasteiger partial charge in [0.05, 0.1) is 22.8 Å². The molecule has 1 N–H and O–H groups in total. The summed E-state index contributed by atoms with van der Waals surface area (Å²) in [6.45, 7) is 5.43. The number of ether oxygens (including phenoxy) is 1. The number of carbonyl (C=O) groups is 2. The minimum Gasteiger partial charge on any atom is -0.484 e. The van der Waals surface area contributed by atoms with Crippen LogP contribution in [0.3, 0.4) is 0 Å². The minimum absolute atomic E-state index is 0.0320. The third-order valence-corrected chi connectivity index (χ3v) is 5.52. The molecule has 0 radical (unpaired) electrons. The largest absolute Gasteiger partial charge is 0.484 e. The second-order valence-corrected chi connectivity index (χ2v) is 8.08. The first-order valence-electron chi connectivity index (χ1n) is 9.76. The Kier molecular flexibility index (Phi) is 7.35. The Hall–Kier alpha value is -2.74. The number of aryl methyl sites for hydroxylation is 1. The molecular formula is C21H26N4O3S. The van der Waals surface area contributed by atoms with Crippen molar-refractivity contribution in [2.75, 3.05) is 19.7 Å². The molecule has 1 aromatic heterocycles. The van der Waals surface area contributed by atoms with Crippen molar-refractivity contribution in [3.8, 4) is 5.75 Å². The number of thiazole rings is 1. The molecule has 1 saturated heterocycles. The van der Waals surface area contributed by atoms with Gasteiger partial charge >= 0.3 is 0 Å². The Morgan fingerprint density at radius 3 is 2.59 bits per heavy atom. The highest BCUT2D eigenvalue weighted by Gasteiger charge is 2.16. The van der Waals surface area contributed by atoms with Crippen LogP contribution in [0.4, 0.5) is 0 Å². The first-order chi connectivity index (χ1) is 14.0. The lowest BCUT2D eigenvalue weighted by atomic mass is 10.1. The van der Waals surface area contributed by atoms with Gasteiger partial charge in [-0.05, 0) is 62.9 Å². The maximum Gasteiger partial charge on any atom is 0.260 e. The van der Waals surface area contributed by atoms with Crippen molar-refractivity contribution in [1.82, 2.24) is 15.3 Å². The molecule has 0 aliphatic carbocycles. The van der Waals surface area contributed by atoms with Gasteiger partial charge < -0.3 is 9.64 Å². The van der Waals surface area contributed by atoms with E-state index in [9.17, 15) is 9.59 Å². The normalized spacial score (nSPS) is 14.6. The van der Waals surface area contributed by atoms with Gasteiger partial charge in [-0.15, -0.1) is 11.3 Å². The average molecular weight is 415 g/mol. The van der Waals surface area contributed by atoms with Gasteiger partial charge in [0.25, 0.3) is 5.91 Å². The lowest BCUT2D eigenvalue weighted by molar-refractivity contribution is -0.134. The highest BCUT2D eigenvalue weighted by atomic mass is 32.1. The zero-order chi connectivity index (χ0) is 20.6. The van der Waals surface area contributed by atoms with E-state index in [1.807, 2.05) is 36.3 Å². The summed E-state index contributed by atoms with van der Waals surface area (Å²) < 4.78 is 5.62. The smallest absolute Gasteiger partial charge is 0.260 e. The van der Waals surface area contributed by atoms with Crippen LogP contribution in [0, 0.1) is 6.92 Å². The molecule has 2 aromatic rings. The van der Waals surface area contributed by atoms with E-state index in [1.165, 1.54) is 17.8 Å². The van der Waals surface area contributed by atoms with E-state index >= 15 is 0 Å². The van der Waals surface area contributed by atoms with Gasteiger partial charge in [-0.1, -0.05) is 0 Å². The van der Waals surface area contributed by atoms with E-state index in [2.05, 4.69) is 15.5 Å². The number of benzene rings is 1. The van der Waals surface area contributed by atoms with Crippen molar-refractivity contribution >= 4 is 28.9 Å². The predicted octanol–water partition coefficient (Wildman–Crippen LogP) is 2.93. The second-order valence-electron chi connectivity index (χ2n) is 7.02. The summed E-state index contributed by atoms with van der Waals surface area (Å²) in [5.41, 5.74) is 4.86. The third kappa shape index (κ3) is 6.39. The molecule has 1 aliphatic heterocycles. The first kappa shape index (κ1) is 21.0. The summed E-state index contributed by atoms with van der Waals surface area (Å²) in [7, 11) is 0. The maximum absolute atomic E-state index is 12.2. The number of hydrazone groups is 1. The highest BCUT2D eigenvalue weighted by Crippen LogP contribution is 2.14. The van der Waals surface area contributed by atoms with Gasteiger partial charge in [-0.3, -0.25) is 9.59 Å². The van der Waals surface area contributed by atoms with Crippen LogP contribution in [-0.2, 0) is 16.0 Å². The Bertz CT molecular complexity index is 870. The monoisotopic (exact) mass is 414 g/mol. The van der Waals surface area contributed by atoms with Crippen LogP contribution >= 0.6 is 11.3 Å². The summed E-state index contributed by atoms with van der Waals surface area (Å²) in [6, 6.07) is 7.32. The quantitative estimate of drug-likeness (QED) is 0.558.